The minimum atomic E-state index is -0.185. The predicted molar refractivity (Wildman–Crippen MR) is 69.2 cm³/mol. The highest BCUT2D eigenvalue weighted by Gasteiger charge is 2.51. The number of nitrogens with zero attached hydrogens (tertiary/aromatic N) is 2. The summed E-state index contributed by atoms with van der Waals surface area (Å²) in [6.45, 7) is 3.82. The van der Waals surface area contributed by atoms with E-state index in [2.05, 4.69) is 15.7 Å². The van der Waals surface area contributed by atoms with Crippen LogP contribution < -0.4 is 10.6 Å². The summed E-state index contributed by atoms with van der Waals surface area (Å²) in [7, 11) is 0. The molecular weight excluding hydrogens is 228 g/mol. The summed E-state index contributed by atoms with van der Waals surface area (Å²) in [5.41, 5.74) is -0.185. The van der Waals surface area contributed by atoms with Crippen molar-refractivity contribution in [1.29, 1.82) is 0 Å². The number of amides is 1. The summed E-state index contributed by atoms with van der Waals surface area (Å²) in [6, 6.07) is 2.23. The molecule has 1 aliphatic carbocycles. The van der Waals surface area contributed by atoms with E-state index in [1.54, 1.807) is 0 Å². The Bertz CT molecular complexity index is 444. The van der Waals surface area contributed by atoms with Crippen LogP contribution >= 0.6 is 0 Å². The molecule has 1 amide bonds. The van der Waals surface area contributed by atoms with Gasteiger partial charge in [-0.2, -0.15) is 5.10 Å². The molecular formula is C13H20N4O. The number of hydrogen-bond acceptors (Lipinski definition) is 3. The van der Waals surface area contributed by atoms with Crippen molar-refractivity contribution in [2.24, 2.45) is 5.41 Å². The van der Waals surface area contributed by atoms with Crippen LogP contribution in [0.15, 0.2) is 12.3 Å². The van der Waals surface area contributed by atoms with Crippen LogP contribution in [0.2, 0.25) is 0 Å². The van der Waals surface area contributed by atoms with Gasteiger partial charge in [-0.25, -0.2) is 0 Å². The fraction of sp³-hybridized carbons (Fsp3) is 0.692. The molecule has 0 bridgehead atoms. The summed E-state index contributed by atoms with van der Waals surface area (Å²) in [5.74, 6) is 0.824. The van der Waals surface area contributed by atoms with Crippen molar-refractivity contribution in [3.05, 3.63) is 12.3 Å². The molecule has 1 aromatic heterocycles. The van der Waals surface area contributed by atoms with Crippen molar-refractivity contribution in [2.45, 2.75) is 45.2 Å². The number of nitrogens with one attached hydrogen (secondary N) is 2. The molecule has 2 heterocycles. The highest BCUT2D eigenvalue weighted by molar-refractivity contribution is 5.95. The molecule has 98 valence electrons. The number of carbonyl (C=O) groups is 1. The van der Waals surface area contributed by atoms with Gasteiger partial charge in [0.05, 0.1) is 5.41 Å². The van der Waals surface area contributed by atoms with Gasteiger partial charge >= 0.3 is 0 Å². The Balaban J connectivity index is 1.74. The van der Waals surface area contributed by atoms with Gasteiger partial charge < -0.3 is 10.6 Å². The van der Waals surface area contributed by atoms with E-state index < -0.39 is 0 Å². The average Bonchev–Trinajstić information content (AvgIpc) is 3.02. The summed E-state index contributed by atoms with van der Waals surface area (Å²) < 4.78 is 1.83. The lowest BCUT2D eigenvalue weighted by molar-refractivity contribution is -0.125. The first-order chi connectivity index (χ1) is 8.74. The molecule has 1 aromatic rings. The molecule has 3 rings (SSSR count). The Kier molecular flexibility index (Phi) is 2.86. The van der Waals surface area contributed by atoms with Crippen LogP contribution in [0.25, 0.3) is 0 Å². The molecule has 18 heavy (non-hydrogen) atoms. The second-order valence-electron chi connectivity index (χ2n) is 5.32. The smallest absolute Gasteiger partial charge is 0.233 e. The van der Waals surface area contributed by atoms with Crippen molar-refractivity contribution >= 4 is 11.7 Å². The number of aryl methyl sites for hydroxylation is 1. The third-order valence-electron chi connectivity index (χ3n) is 4.40. The predicted octanol–water partition coefficient (Wildman–Crippen LogP) is 1.37. The molecule has 5 heteroatoms. The molecule has 2 N–H and O–H groups in total. The third-order valence-corrected chi connectivity index (χ3v) is 4.40. The lowest BCUT2D eigenvalue weighted by atomic mass is 9.81. The number of fused-ring (bicyclic) bond motifs is 1. The van der Waals surface area contributed by atoms with E-state index in [-0.39, 0.29) is 11.3 Å². The molecule has 1 saturated carbocycles. The Hall–Kier alpha value is -1.36. The van der Waals surface area contributed by atoms with Gasteiger partial charge in [-0.3, -0.25) is 9.48 Å². The SMILES string of the molecule is CCn1ccc(NC(=O)[C@]23CCC[C@H]2NCC3)n1. The van der Waals surface area contributed by atoms with Crippen LogP contribution in [-0.2, 0) is 11.3 Å². The third kappa shape index (κ3) is 1.73. The van der Waals surface area contributed by atoms with E-state index >= 15 is 0 Å². The minimum absolute atomic E-state index is 0.149. The van der Waals surface area contributed by atoms with Gasteiger partial charge in [0.25, 0.3) is 0 Å². The molecule has 1 saturated heterocycles. The zero-order chi connectivity index (χ0) is 12.6. The number of rotatable bonds is 3. The number of anilines is 1. The van der Waals surface area contributed by atoms with Crippen molar-refractivity contribution in [3.63, 3.8) is 0 Å². The fourth-order valence-corrected chi connectivity index (χ4v) is 3.37. The van der Waals surface area contributed by atoms with Crippen LogP contribution in [0.3, 0.4) is 0 Å². The number of carbonyl (C=O) groups excluding carboxylic acids is 1. The highest BCUT2D eigenvalue weighted by atomic mass is 16.2. The zero-order valence-corrected chi connectivity index (χ0v) is 10.8. The van der Waals surface area contributed by atoms with E-state index in [9.17, 15) is 4.79 Å². The van der Waals surface area contributed by atoms with Gasteiger partial charge in [-0.1, -0.05) is 6.42 Å². The number of aromatic nitrogens is 2. The van der Waals surface area contributed by atoms with E-state index in [1.807, 2.05) is 23.9 Å². The maximum absolute atomic E-state index is 12.5. The lowest BCUT2D eigenvalue weighted by Crippen LogP contribution is -2.41. The maximum Gasteiger partial charge on any atom is 0.233 e. The molecule has 0 radical (unpaired) electrons. The van der Waals surface area contributed by atoms with Gasteiger partial charge in [-0.05, 0) is 32.7 Å². The quantitative estimate of drug-likeness (QED) is 0.849. The van der Waals surface area contributed by atoms with Gasteiger partial charge in [0.15, 0.2) is 5.82 Å². The van der Waals surface area contributed by atoms with Crippen LogP contribution in [-0.4, -0.2) is 28.3 Å². The van der Waals surface area contributed by atoms with E-state index in [1.165, 1.54) is 0 Å². The van der Waals surface area contributed by atoms with Gasteiger partial charge in [-0.15, -0.1) is 0 Å². The fourth-order valence-electron chi connectivity index (χ4n) is 3.37. The van der Waals surface area contributed by atoms with Crippen molar-refractivity contribution in [1.82, 2.24) is 15.1 Å². The first-order valence-corrected chi connectivity index (χ1v) is 6.83. The molecule has 2 fully saturated rings. The van der Waals surface area contributed by atoms with Gasteiger partial charge in [0, 0.05) is 24.8 Å². The molecule has 1 aliphatic heterocycles. The van der Waals surface area contributed by atoms with Crippen LogP contribution in [0, 0.1) is 5.41 Å². The summed E-state index contributed by atoms with van der Waals surface area (Å²) >= 11 is 0. The largest absolute Gasteiger partial charge is 0.313 e. The average molecular weight is 248 g/mol. The summed E-state index contributed by atoms with van der Waals surface area (Å²) in [4.78, 5) is 12.5. The van der Waals surface area contributed by atoms with E-state index in [0.29, 0.717) is 11.9 Å². The van der Waals surface area contributed by atoms with E-state index in [4.69, 9.17) is 0 Å². The van der Waals surface area contributed by atoms with Gasteiger partial charge in [0.1, 0.15) is 0 Å². The molecule has 2 aliphatic rings. The maximum atomic E-state index is 12.5. The van der Waals surface area contributed by atoms with Crippen LogP contribution in [0.5, 0.6) is 0 Å². The second kappa shape index (κ2) is 4.39. The Labute approximate surface area is 107 Å². The zero-order valence-electron chi connectivity index (χ0n) is 10.8. The summed E-state index contributed by atoms with van der Waals surface area (Å²) in [5, 5.41) is 10.8. The van der Waals surface area contributed by atoms with Crippen LogP contribution in [0.1, 0.15) is 32.6 Å². The minimum Gasteiger partial charge on any atom is -0.313 e. The van der Waals surface area contributed by atoms with Crippen molar-refractivity contribution in [3.8, 4) is 0 Å². The molecule has 0 aromatic carbocycles. The van der Waals surface area contributed by atoms with Crippen molar-refractivity contribution in [2.75, 3.05) is 11.9 Å². The first kappa shape index (κ1) is 11.7. The first-order valence-electron chi connectivity index (χ1n) is 6.83. The number of hydrogen-bond donors (Lipinski definition) is 2. The Morgan fingerprint density at radius 2 is 2.56 bits per heavy atom. The molecule has 5 nitrogen and oxygen atoms in total. The summed E-state index contributed by atoms with van der Waals surface area (Å²) in [6.07, 6.45) is 6.13. The Morgan fingerprint density at radius 1 is 1.67 bits per heavy atom. The van der Waals surface area contributed by atoms with Crippen LogP contribution in [0.4, 0.5) is 5.82 Å². The van der Waals surface area contributed by atoms with Gasteiger partial charge in [0.2, 0.25) is 5.91 Å². The Morgan fingerprint density at radius 3 is 3.33 bits per heavy atom. The highest BCUT2D eigenvalue weighted by Crippen LogP contribution is 2.45. The molecule has 2 atom stereocenters. The molecule has 0 unspecified atom stereocenters. The van der Waals surface area contributed by atoms with Crippen molar-refractivity contribution < 1.29 is 4.79 Å². The molecule has 0 spiro atoms. The topological polar surface area (TPSA) is 59.0 Å². The normalized spacial score (nSPS) is 30.4. The lowest BCUT2D eigenvalue weighted by Gasteiger charge is -2.26. The monoisotopic (exact) mass is 248 g/mol. The standard InChI is InChI=1S/C13H20N4O/c1-2-17-9-5-11(16-17)15-12(18)13-6-3-4-10(13)14-8-7-13/h5,9-10,14H,2-4,6-8H2,1H3,(H,15,16,18)/t10-,13+/m1/s1. The van der Waals surface area contributed by atoms with E-state index in [0.717, 1.165) is 38.8 Å². The second-order valence-corrected chi connectivity index (χ2v) is 5.32.